The van der Waals surface area contributed by atoms with Gasteiger partial charge in [0.15, 0.2) is 5.65 Å². The summed E-state index contributed by atoms with van der Waals surface area (Å²) in [6, 6.07) is 19.1. The Kier molecular flexibility index (Phi) is 6.20. The number of benzene rings is 2. The largest absolute Gasteiger partial charge is 0.368 e. The second-order valence-electron chi connectivity index (χ2n) is 9.82. The molecule has 1 amide bonds. The summed E-state index contributed by atoms with van der Waals surface area (Å²) in [5, 5.41) is 6.08. The highest BCUT2D eigenvalue weighted by Crippen LogP contribution is 2.30. The van der Waals surface area contributed by atoms with E-state index in [1.807, 2.05) is 59.5 Å². The average Bonchev–Trinajstić information content (AvgIpc) is 3.28. The first-order chi connectivity index (χ1) is 16.7. The molecule has 2 aromatic carbocycles. The van der Waals surface area contributed by atoms with Crippen molar-refractivity contribution in [2.45, 2.75) is 26.2 Å². The van der Waals surface area contributed by atoms with Gasteiger partial charge in [0.2, 0.25) is 0 Å². The Hall–Kier alpha value is -3.09. The van der Waals surface area contributed by atoms with Gasteiger partial charge in [0.25, 0.3) is 5.91 Å². The van der Waals surface area contributed by atoms with Crippen molar-refractivity contribution >= 4 is 40.4 Å². The van der Waals surface area contributed by atoms with Crippen LogP contribution in [0.3, 0.4) is 0 Å². The molecule has 8 heteroatoms. The SMILES string of the molecule is CC(C)(C)c1cc2nc(-c3ccccc3Cl)cc(C(=O)N3CCN(c4cccc(Cl)c4)CC3)n2n1. The number of hydrogen-bond acceptors (Lipinski definition) is 4. The summed E-state index contributed by atoms with van der Waals surface area (Å²) in [5.41, 5.74) is 4.32. The van der Waals surface area contributed by atoms with Crippen molar-refractivity contribution in [3.8, 4) is 11.3 Å². The second kappa shape index (κ2) is 9.17. The standard InChI is InChI=1S/C27H27Cl2N5O/c1-27(2,3)24-17-25-30-22(20-9-4-5-10-21(20)29)16-23(34(25)31-24)26(35)33-13-11-32(12-14-33)19-8-6-7-18(28)15-19/h4-10,15-17H,11-14H2,1-3H3. The molecule has 2 aromatic heterocycles. The predicted octanol–water partition coefficient (Wildman–Crippen LogP) is 5.96. The third-order valence-electron chi connectivity index (χ3n) is 6.30. The van der Waals surface area contributed by atoms with Crippen LogP contribution >= 0.6 is 23.2 Å². The summed E-state index contributed by atoms with van der Waals surface area (Å²) < 4.78 is 1.67. The van der Waals surface area contributed by atoms with Crippen molar-refractivity contribution in [2.24, 2.45) is 0 Å². The summed E-state index contributed by atoms with van der Waals surface area (Å²) in [5.74, 6) is -0.0694. The molecule has 0 spiro atoms. The highest BCUT2D eigenvalue weighted by atomic mass is 35.5. The first kappa shape index (κ1) is 23.6. The minimum atomic E-state index is -0.179. The molecule has 0 N–H and O–H groups in total. The number of anilines is 1. The van der Waals surface area contributed by atoms with Crippen LogP contribution in [0.25, 0.3) is 16.9 Å². The lowest BCUT2D eigenvalue weighted by molar-refractivity contribution is 0.0737. The maximum absolute atomic E-state index is 13.8. The predicted molar refractivity (Wildman–Crippen MR) is 142 cm³/mol. The Morgan fingerprint density at radius 3 is 2.34 bits per heavy atom. The second-order valence-corrected chi connectivity index (χ2v) is 10.7. The van der Waals surface area contributed by atoms with Crippen molar-refractivity contribution in [1.82, 2.24) is 19.5 Å². The van der Waals surface area contributed by atoms with Gasteiger partial charge in [-0.3, -0.25) is 4.79 Å². The van der Waals surface area contributed by atoms with Crippen LogP contribution in [0.1, 0.15) is 37.0 Å². The van der Waals surface area contributed by atoms with Crippen molar-refractivity contribution in [3.63, 3.8) is 0 Å². The molecule has 0 bridgehead atoms. The quantitative estimate of drug-likeness (QED) is 0.343. The van der Waals surface area contributed by atoms with Crippen molar-refractivity contribution in [2.75, 3.05) is 31.1 Å². The number of halogens is 2. The fraction of sp³-hybridized carbons (Fsp3) is 0.296. The first-order valence-electron chi connectivity index (χ1n) is 11.7. The molecule has 1 saturated heterocycles. The van der Waals surface area contributed by atoms with Crippen molar-refractivity contribution < 1.29 is 4.79 Å². The van der Waals surface area contributed by atoms with E-state index < -0.39 is 0 Å². The minimum absolute atomic E-state index is 0.0694. The van der Waals surface area contributed by atoms with Gasteiger partial charge in [-0.05, 0) is 30.3 Å². The van der Waals surface area contributed by atoms with E-state index in [2.05, 4.69) is 25.7 Å². The van der Waals surface area contributed by atoms with E-state index in [1.165, 1.54) is 0 Å². The molecule has 1 aliphatic rings. The summed E-state index contributed by atoms with van der Waals surface area (Å²) >= 11 is 12.7. The molecule has 0 radical (unpaired) electrons. The average molecular weight is 508 g/mol. The van der Waals surface area contributed by atoms with Gasteiger partial charge in [-0.2, -0.15) is 5.10 Å². The van der Waals surface area contributed by atoms with E-state index in [9.17, 15) is 4.79 Å². The molecule has 1 aliphatic heterocycles. The normalized spacial score (nSPS) is 14.5. The Morgan fingerprint density at radius 1 is 0.914 bits per heavy atom. The van der Waals surface area contributed by atoms with Crippen LogP contribution in [0.4, 0.5) is 5.69 Å². The number of nitrogens with zero attached hydrogens (tertiary/aromatic N) is 5. The van der Waals surface area contributed by atoms with Crippen LogP contribution in [-0.2, 0) is 5.41 Å². The van der Waals surface area contributed by atoms with E-state index in [-0.39, 0.29) is 11.3 Å². The molecular weight excluding hydrogens is 481 g/mol. The molecule has 1 fully saturated rings. The lowest BCUT2D eigenvalue weighted by atomic mass is 9.93. The van der Waals surface area contributed by atoms with Gasteiger partial charge >= 0.3 is 0 Å². The monoisotopic (exact) mass is 507 g/mol. The van der Waals surface area contributed by atoms with E-state index in [0.29, 0.717) is 40.2 Å². The fourth-order valence-corrected chi connectivity index (χ4v) is 4.72. The van der Waals surface area contributed by atoms with Crippen LogP contribution in [-0.4, -0.2) is 51.6 Å². The Balaban J connectivity index is 1.50. The minimum Gasteiger partial charge on any atom is -0.368 e. The number of fused-ring (bicyclic) bond motifs is 1. The molecule has 35 heavy (non-hydrogen) atoms. The van der Waals surface area contributed by atoms with Crippen LogP contribution in [0.5, 0.6) is 0 Å². The zero-order chi connectivity index (χ0) is 24.7. The number of amides is 1. The van der Waals surface area contributed by atoms with Gasteiger partial charge in [-0.1, -0.05) is 68.2 Å². The fourth-order valence-electron chi connectivity index (χ4n) is 4.30. The Morgan fingerprint density at radius 2 is 1.66 bits per heavy atom. The highest BCUT2D eigenvalue weighted by molar-refractivity contribution is 6.33. The van der Waals surface area contributed by atoms with Gasteiger partial charge in [-0.25, -0.2) is 9.50 Å². The zero-order valence-electron chi connectivity index (χ0n) is 20.0. The number of hydrogen-bond donors (Lipinski definition) is 0. The van der Waals surface area contributed by atoms with E-state index in [0.717, 1.165) is 30.0 Å². The maximum atomic E-state index is 13.8. The first-order valence-corrected chi connectivity index (χ1v) is 12.4. The smallest absolute Gasteiger partial charge is 0.272 e. The van der Waals surface area contributed by atoms with E-state index >= 15 is 0 Å². The third kappa shape index (κ3) is 4.73. The molecule has 0 aliphatic carbocycles. The third-order valence-corrected chi connectivity index (χ3v) is 6.87. The summed E-state index contributed by atoms with van der Waals surface area (Å²) in [6.07, 6.45) is 0. The maximum Gasteiger partial charge on any atom is 0.272 e. The van der Waals surface area contributed by atoms with Crippen molar-refractivity contribution in [1.29, 1.82) is 0 Å². The summed E-state index contributed by atoms with van der Waals surface area (Å²) in [7, 11) is 0. The number of aromatic nitrogens is 3. The number of carbonyl (C=O) groups is 1. The van der Waals surface area contributed by atoms with E-state index in [4.69, 9.17) is 33.3 Å². The topological polar surface area (TPSA) is 53.7 Å². The molecule has 5 rings (SSSR count). The van der Waals surface area contributed by atoms with Gasteiger partial charge in [0, 0.05) is 59.0 Å². The molecule has 0 unspecified atom stereocenters. The van der Waals surface area contributed by atoms with Gasteiger partial charge in [0.1, 0.15) is 5.69 Å². The number of rotatable bonds is 3. The summed E-state index contributed by atoms with van der Waals surface area (Å²) in [4.78, 5) is 22.7. The number of piperazine rings is 1. The van der Waals surface area contributed by atoms with E-state index in [1.54, 1.807) is 10.6 Å². The molecule has 3 heterocycles. The van der Waals surface area contributed by atoms with Gasteiger partial charge < -0.3 is 9.80 Å². The Labute approximate surface area is 215 Å². The van der Waals surface area contributed by atoms with Crippen LogP contribution in [0.2, 0.25) is 10.0 Å². The zero-order valence-corrected chi connectivity index (χ0v) is 21.5. The molecule has 0 atom stereocenters. The lowest BCUT2D eigenvalue weighted by Crippen LogP contribution is -2.49. The lowest BCUT2D eigenvalue weighted by Gasteiger charge is -2.36. The molecule has 180 valence electrons. The molecule has 0 saturated carbocycles. The number of carbonyl (C=O) groups excluding carboxylic acids is 1. The highest BCUT2D eigenvalue weighted by Gasteiger charge is 2.27. The van der Waals surface area contributed by atoms with Gasteiger partial charge in [-0.15, -0.1) is 0 Å². The van der Waals surface area contributed by atoms with Crippen LogP contribution in [0, 0.1) is 0 Å². The Bertz CT molecular complexity index is 1400. The van der Waals surface area contributed by atoms with Crippen LogP contribution in [0.15, 0.2) is 60.7 Å². The molecule has 4 aromatic rings. The van der Waals surface area contributed by atoms with Crippen LogP contribution < -0.4 is 4.90 Å². The van der Waals surface area contributed by atoms with Gasteiger partial charge in [0.05, 0.1) is 11.4 Å². The molecule has 6 nitrogen and oxygen atoms in total. The molecular formula is C27H27Cl2N5O. The van der Waals surface area contributed by atoms with Crippen molar-refractivity contribution in [3.05, 3.63) is 82.1 Å². The summed E-state index contributed by atoms with van der Waals surface area (Å²) in [6.45, 7) is 8.95.